The largest absolute Gasteiger partial charge is 0.392 e. The Balaban J connectivity index is 0.00000112. The zero-order chi connectivity index (χ0) is 9.80. The van der Waals surface area contributed by atoms with Crippen molar-refractivity contribution in [2.24, 2.45) is 0 Å². The minimum absolute atomic E-state index is 0. The lowest BCUT2D eigenvalue weighted by molar-refractivity contribution is 0.0774. The molecule has 0 saturated carbocycles. The average Bonchev–Trinajstić information content (AvgIpc) is 2.63. The summed E-state index contributed by atoms with van der Waals surface area (Å²) in [5.41, 5.74) is 0. The Morgan fingerprint density at radius 3 is 2.67 bits per heavy atom. The normalized spacial score (nSPS) is 32.6. The van der Waals surface area contributed by atoms with Crippen LogP contribution in [0.4, 0.5) is 0 Å². The number of rotatable bonds is 3. The van der Waals surface area contributed by atoms with Crippen LogP contribution < -0.4 is 10.6 Å². The van der Waals surface area contributed by atoms with Crippen LogP contribution >= 0.6 is 12.4 Å². The highest BCUT2D eigenvalue weighted by Gasteiger charge is 2.22. The molecule has 0 radical (unpaired) electrons. The molecule has 0 amide bonds. The van der Waals surface area contributed by atoms with Gasteiger partial charge in [-0.2, -0.15) is 0 Å². The molecule has 0 aromatic heterocycles. The van der Waals surface area contributed by atoms with Gasteiger partial charge in [0.1, 0.15) is 0 Å². The summed E-state index contributed by atoms with van der Waals surface area (Å²) >= 11 is 0. The standard InChI is InChI=1S/C10H20N2O2.ClH/c13-10-5-9(12-7-10)6-11-8-1-3-14-4-2-8;/h8-13H,1-7H2;1H/t9-,10+;/m0./s1. The van der Waals surface area contributed by atoms with Crippen molar-refractivity contribution in [3.8, 4) is 0 Å². The summed E-state index contributed by atoms with van der Waals surface area (Å²) < 4.78 is 5.29. The van der Waals surface area contributed by atoms with Crippen molar-refractivity contribution in [3.05, 3.63) is 0 Å². The van der Waals surface area contributed by atoms with Gasteiger partial charge in [0.15, 0.2) is 0 Å². The fourth-order valence-corrected chi connectivity index (χ4v) is 2.16. The van der Waals surface area contributed by atoms with Crippen LogP contribution in [0.5, 0.6) is 0 Å². The van der Waals surface area contributed by atoms with E-state index in [0.29, 0.717) is 12.1 Å². The average molecular weight is 237 g/mol. The smallest absolute Gasteiger partial charge is 0.0680 e. The zero-order valence-corrected chi connectivity index (χ0v) is 9.76. The van der Waals surface area contributed by atoms with E-state index in [-0.39, 0.29) is 18.5 Å². The highest BCUT2D eigenvalue weighted by molar-refractivity contribution is 5.85. The van der Waals surface area contributed by atoms with Crippen LogP contribution in [0, 0.1) is 0 Å². The Labute approximate surface area is 97.2 Å². The molecule has 2 saturated heterocycles. The van der Waals surface area contributed by atoms with Gasteiger partial charge >= 0.3 is 0 Å². The van der Waals surface area contributed by atoms with Crippen molar-refractivity contribution in [2.75, 3.05) is 26.3 Å². The Bertz CT molecular complexity index is 172. The maximum atomic E-state index is 9.33. The van der Waals surface area contributed by atoms with Crippen LogP contribution in [0.3, 0.4) is 0 Å². The molecule has 0 unspecified atom stereocenters. The maximum absolute atomic E-state index is 9.33. The third kappa shape index (κ3) is 4.25. The van der Waals surface area contributed by atoms with Gasteiger partial charge in [0.05, 0.1) is 6.10 Å². The summed E-state index contributed by atoms with van der Waals surface area (Å²) in [6.07, 6.45) is 2.98. The monoisotopic (exact) mass is 236 g/mol. The van der Waals surface area contributed by atoms with E-state index in [2.05, 4.69) is 10.6 Å². The Kier molecular flexibility index (Phi) is 5.86. The molecule has 2 aliphatic heterocycles. The Morgan fingerprint density at radius 2 is 2.07 bits per heavy atom. The molecule has 2 heterocycles. The predicted molar refractivity (Wildman–Crippen MR) is 61.5 cm³/mol. The van der Waals surface area contributed by atoms with Gasteiger partial charge in [-0.15, -0.1) is 12.4 Å². The van der Waals surface area contributed by atoms with E-state index in [1.165, 1.54) is 0 Å². The predicted octanol–water partition coefficient (Wildman–Crippen LogP) is -0.100. The van der Waals surface area contributed by atoms with Gasteiger partial charge in [-0.1, -0.05) is 0 Å². The molecule has 0 aromatic rings. The zero-order valence-electron chi connectivity index (χ0n) is 8.95. The fourth-order valence-electron chi connectivity index (χ4n) is 2.16. The SMILES string of the molecule is Cl.O[C@H]1CN[C@H](CNC2CCOCC2)C1. The highest BCUT2D eigenvalue weighted by atomic mass is 35.5. The first kappa shape index (κ1) is 13.2. The van der Waals surface area contributed by atoms with E-state index in [1.807, 2.05) is 0 Å². The molecule has 90 valence electrons. The second-order valence-corrected chi connectivity index (χ2v) is 4.29. The molecule has 2 aliphatic rings. The highest BCUT2D eigenvalue weighted by Crippen LogP contribution is 2.08. The number of β-amino-alcohol motifs (C(OH)–C–C–N with tert-alkyl or cyclic N) is 1. The van der Waals surface area contributed by atoms with E-state index in [0.717, 1.165) is 45.6 Å². The third-order valence-electron chi connectivity index (χ3n) is 3.07. The van der Waals surface area contributed by atoms with E-state index >= 15 is 0 Å². The summed E-state index contributed by atoms with van der Waals surface area (Å²) in [4.78, 5) is 0. The summed E-state index contributed by atoms with van der Waals surface area (Å²) in [6, 6.07) is 1.07. The van der Waals surface area contributed by atoms with Crippen LogP contribution in [0.25, 0.3) is 0 Å². The van der Waals surface area contributed by atoms with Gasteiger partial charge < -0.3 is 20.5 Å². The third-order valence-corrected chi connectivity index (χ3v) is 3.07. The van der Waals surface area contributed by atoms with Crippen molar-refractivity contribution in [3.63, 3.8) is 0 Å². The molecule has 15 heavy (non-hydrogen) atoms. The molecule has 0 aliphatic carbocycles. The van der Waals surface area contributed by atoms with Crippen molar-refractivity contribution >= 4 is 12.4 Å². The van der Waals surface area contributed by atoms with Crippen LogP contribution in [-0.4, -0.2) is 49.6 Å². The summed E-state index contributed by atoms with van der Waals surface area (Å²) in [7, 11) is 0. The molecule has 3 N–H and O–H groups in total. The number of nitrogens with one attached hydrogen (secondary N) is 2. The lowest BCUT2D eigenvalue weighted by Crippen LogP contribution is -2.42. The molecular weight excluding hydrogens is 216 g/mol. The lowest BCUT2D eigenvalue weighted by atomic mass is 10.1. The second kappa shape index (κ2) is 6.66. The lowest BCUT2D eigenvalue weighted by Gasteiger charge is -2.24. The van der Waals surface area contributed by atoms with E-state index in [1.54, 1.807) is 0 Å². The summed E-state index contributed by atoms with van der Waals surface area (Å²) in [5, 5.41) is 16.2. The number of hydrogen-bond donors (Lipinski definition) is 3. The summed E-state index contributed by atoms with van der Waals surface area (Å²) in [5.74, 6) is 0. The number of aliphatic hydroxyl groups excluding tert-OH is 1. The first-order chi connectivity index (χ1) is 6.84. The molecule has 0 aromatic carbocycles. The van der Waals surface area contributed by atoms with Crippen LogP contribution in [0.1, 0.15) is 19.3 Å². The maximum Gasteiger partial charge on any atom is 0.0680 e. The number of ether oxygens (including phenoxy) is 1. The van der Waals surface area contributed by atoms with Crippen molar-refractivity contribution in [2.45, 2.75) is 37.5 Å². The summed E-state index contributed by atoms with van der Waals surface area (Å²) in [6.45, 7) is 3.50. The van der Waals surface area contributed by atoms with Crippen molar-refractivity contribution in [1.29, 1.82) is 0 Å². The van der Waals surface area contributed by atoms with Crippen LogP contribution in [0.2, 0.25) is 0 Å². The molecule has 5 heteroatoms. The van der Waals surface area contributed by atoms with Gasteiger partial charge in [-0.05, 0) is 19.3 Å². The van der Waals surface area contributed by atoms with Gasteiger partial charge in [0.2, 0.25) is 0 Å². The van der Waals surface area contributed by atoms with E-state index in [4.69, 9.17) is 4.74 Å². The number of hydrogen-bond acceptors (Lipinski definition) is 4. The van der Waals surface area contributed by atoms with E-state index in [9.17, 15) is 5.11 Å². The van der Waals surface area contributed by atoms with Crippen molar-refractivity contribution in [1.82, 2.24) is 10.6 Å². The van der Waals surface area contributed by atoms with Gasteiger partial charge in [0, 0.05) is 38.4 Å². The minimum atomic E-state index is -0.142. The molecule has 2 atom stereocenters. The molecule has 0 bridgehead atoms. The molecule has 4 nitrogen and oxygen atoms in total. The van der Waals surface area contributed by atoms with Gasteiger partial charge in [-0.25, -0.2) is 0 Å². The minimum Gasteiger partial charge on any atom is -0.392 e. The van der Waals surface area contributed by atoms with Gasteiger partial charge in [0.25, 0.3) is 0 Å². The topological polar surface area (TPSA) is 53.5 Å². The first-order valence-corrected chi connectivity index (χ1v) is 5.57. The van der Waals surface area contributed by atoms with Crippen molar-refractivity contribution < 1.29 is 9.84 Å². The van der Waals surface area contributed by atoms with Gasteiger partial charge in [-0.3, -0.25) is 0 Å². The quantitative estimate of drug-likeness (QED) is 0.641. The first-order valence-electron chi connectivity index (χ1n) is 5.57. The van der Waals surface area contributed by atoms with Crippen LogP contribution in [0.15, 0.2) is 0 Å². The molecule has 0 spiro atoms. The fraction of sp³-hybridized carbons (Fsp3) is 1.00. The molecule has 2 rings (SSSR count). The second-order valence-electron chi connectivity index (χ2n) is 4.29. The number of halogens is 1. The van der Waals surface area contributed by atoms with Crippen LogP contribution in [-0.2, 0) is 4.74 Å². The molecular formula is C10H21ClN2O2. The number of aliphatic hydroxyl groups is 1. The Hall–Kier alpha value is 0.130. The molecule has 2 fully saturated rings. The van der Waals surface area contributed by atoms with E-state index < -0.39 is 0 Å². The Morgan fingerprint density at radius 1 is 1.33 bits per heavy atom.